The van der Waals surface area contributed by atoms with Crippen LogP contribution in [0.2, 0.25) is 0 Å². The molecular weight excluding hydrogens is 308 g/mol. The van der Waals surface area contributed by atoms with Crippen molar-refractivity contribution in [2.75, 3.05) is 16.8 Å². The maximum atomic E-state index is 11.9. The molecule has 0 bridgehead atoms. The van der Waals surface area contributed by atoms with Gasteiger partial charge in [0.1, 0.15) is 0 Å². The number of rotatable bonds is 2. The van der Waals surface area contributed by atoms with Crippen LogP contribution in [-0.2, 0) is 16.0 Å². The number of benzene rings is 1. The Bertz CT molecular complexity index is 540. The molecule has 19 heavy (non-hydrogen) atoms. The van der Waals surface area contributed by atoms with Crippen LogP contribution in [0.15, 0.2) is 16.6 Å². The van der Waals surface area contributed by atoms with Gasteiger partial charge in [-0.2, -0.15) is 0 Å². The molecular formula is C14H17BrN2O2. The van der Waals surface area contributed by atoms with E-state index in [9.17, 15) is 9.59 Å². The molecule has 4 nitrogen and oxygen atoms in total. The molecule has 0 spiro atoms. The highest BCUT2D eigenvalue weighted by atomic mass is 79.9. The summed E-state index contributed by atoms with van der Waals surface area (Å²) in [5.41, 5.74) is 2.63. The van der Waals surface area contributed by atoms with E-state index in [1.54, 1.807) is 11.8 Å². The van der Waals surface area contributed by atoms with Crippen molar-refractivity contribution in [2.45, 2.75) is 27.2 Å². The Morgan fingerprint density at radius 3 is 2.63 bits per heavy atom. The molecule has 2 rings (SSSR count). The molecule has 1 N–H and O–H groups in total. The van der Waals surface area contributed by atoms with E-state index in [-0.39, 0.29) is 17.7 Å². The molecule has 0 saturated carbocycles. The molecule has 5 heteroatoms. The first-order chi connectivity index (χ1) is 8.90. The molecule has 0 fully saturated rings. The second-order valence-electron chi connectivity index (χ2n) is 5.03. The van der Waals surface area contributed by atoms with Crippen LogP contribution >= 0.6 is 15.9 Å². The third kappa shape index (κ3) is 2.81. The SMILES string of the molecule is CC(=O)N1CCc2cc(Br)cc(NC(=O)C(C)C)c21. The van der Waals surface area contributed by atoms with Crippen LogP contribution in [0.3, 0.4) is 0 Å². The van der Waals surface area contributed by atoms with Crippen LogP contribution in [0.4, 0.5) is 11.4 Å². The normalized spacial score (nSPS) is 13.6. The van der Waals surface area contributed by atoms with E-state index < -0.39 is 0 Å². The third-order valence-electron chi connectivity index (χ3n) is 3.19. The number of carbonyl (C=O) groups excluding carboxylic acids is 2. The van der Waals surface area contributed by atoms with E-state index in [0.29, 0.717) is 12.2 Å². The van der Waals surface area contributed by atoms with E-state index in [4.69, 9.17) is 0 Å². The monoisotopic (exact) mass is 324 g/mol. The van der Waals surface area contributed by atoms with Crippen molar-refractivity contribution in [2.24, 2.45) is 5.92 Å². The maximum Gasteiger partial charge on any atom is 0.226 e. The van der Waals surface area contributed by atoms with Crippen molar-refractivity contribution in [1.29, 1.82) is 0 Å². The number of halogens is 1. The van der Waals surface area contributed by atoms with Crippen LogP contribution in [0, 0.1) is 5.92 Å². The Hall–Kier alpha value is -1.36. The second kappa shape index (κ2) is 5.33. The lowest BCUT2D eigenvalue weighted by Gasteiger charge is -2.20. The number of hydrogen-bond donors (Lipinski definition) is 1. The number of hydrogen-bond acceptors (Lipinski definition) is 2. The molecule has 1 heterocycles. The van der Waals surface area contributed by atoms with E-state index in [1.165, 1.54) is 0 Å². The molecule has 0 aliphatic carbocycles. The van der Waals surface area contributed by atoms with Gasteiger partial charge in [-0.3, -0.25) is 9.59 Å². The van der Waals surface area contributed by atoms with Gasteiger partial charge >= 0.3 is 0 Å². The largest absolute Gasteiger partial charge is 0.324 e. The minimum atomic E-state index is -0.0955. The standard InChI is InChI=1S/C14H17BrN2O2/c1-8(2)14(19)16-12-7-11(15)6-10-4-5-17(9(3)18)13(10)12/h6-8H,4-5H2,1-3H3,(H,16,19). The van der Waals surface area contributed by atoms with Gasteiger partial charge in [-0.1, -0.05) is 29.8 Å². The molecule has 1 aromatic carbocycles. The van der Waals surface area contributed by atoms with Gasteiger partial charge in [-0.05, 0) is 24.1 Å². The van der Waals surface area contributed by atoms with Gasteiger partial charge in [-0.25, -0.2) is 0 Å². The average molecular weight is 325 g/mol. The van der Waals surface area contributed by atoms with Gasteiger partial charge < -0.3 is 10.2 Å². The smallest absolute Gasteiger partial charge is 0.226 e. The number of fused-ring (bicyclic) bond motifs is 1. The number of nitrogens with zero attached hydrogens (tertiary/aromatic N) is 1. The van der Waals surface area contributed by atoms with Crippen molar-refractivity contribution >= 4 is 39.1 Å². The van der Waals surface area contributed by atoms with E-state index in [1.807, 2.05) is 26.0 Å². The molecule has 1 aliphatic heterocycles. The fourth-order valence-corrected chi connectivity index (χ4v) is 2.70. The van der Waals surface area contributed by atoms with Crippen molar-refractivity contribution in [3.8, 4) is 0 Å². The van der Waals surface area contributed by atoms with Crippen molar-refractivity contribution in [3.05, 3.63) is 22.2 Å². The summed E-state index contributed by atoms with van der Waals surface area (Å²) in [6.45, 7) is 5.91. The Morgan fingerprint density at radius 1 is 1.37 bits per heavy atom. The summed E-state index contributed by atoms with van der Waals surface area (Å²) >= 11 is 3.44. The zero-order valence-electron chi connectivity index (χ0n) is 11.3. The molecule has 102 valence electrons. The first-order valence-electron chi connectivity index (χ1n) is 6.31. The molecule has 0 saturated heterocycles. The fourth-order valence-electron chi connectivity index (χ4n) is 2.20. The van der Waals surface area contributed by atoms with Gasteiger partial charge in [0.2, 0.25) is 11.8 Å². The lowest BCUT2D eigenvalue weighted by molar-refractivity contribution is -0.119. The highest BCUT2D eigenvalue weighted by Gasteiger charge is 2.26. The summed E-state index contributed by atoms with van der Waals surface area (Å²) < 4.78 is 0.913. The predicted molar refractivity (Wildman–Crippen MR) is 79.3 cm³/mol. The Kier molecular flexibility index (Phi) is 3.94. The number of amides is 2. The van der Waals surface area contributed by atoms with Gasteiger partial charge in [-0.15, -0.1) is 0 Å². The highest BCUT2D eigenvalue weighted by Crippen LogP contribution is 2.38. The maximum absolute atomic E-state index is 11.9. The van der Waals surface area contributed by atoms with Crippen LogP contribution < -0.4 is 10.2 Å². The minimum Gasteiger partial charge on any atom is -0.324 e. The average Bonchev–Trinajstić information content (AvgIpc) is 2.72. The van der Waals surface area contributed by atoms with E-state index in [0.717, 1.165) is 22.1 Å². The molecule has 1 aliphatic rings. The lowest BCUT2D eigenvalue weighted by Crippen LogP contribution is -2.27. The number of carbonyl (C=O) groups is 2. The summed E-state index contributed by atoms with van der Waals surface area (Å²) in [7, 11) is 0. The Labute approximate surface area is 121 Å². The summed E-state index contributed by atoms with van der Waals surface area (Å²) in [6, 6.07) is 3.85. The minimum absolute atomic E-state index is 0.00104. The Balaban J connectivity index is 2.43. The van der Waals surface area contributed by atoms with E-state index >= 15 is 0 Å². The number of anilines is 2. The zero-order valence-corrected chi connectivity index (χ0v) is 12.9. The predicted octanol–water partition coefficient (Wildman–Crippen LogP) is 2.95. The topological polar surface area (TPSA) is 49.4 Å². The summed E-state index contributed by atoms with van der Waals surface area (Å²) in [6.07, 6.45) is 0.818. The van der Waals surface area contributed by atoms with E-state index in [2.05, 4.69) is 21.2 Å². The first-order valence-corrected chi connectivity index (χ1v) is 7.11. The van der Waals surface area contributed by atoms with Crippen molar-refractivity contribution < 1.29 is 9.59 Å². The van der Waals surface area contributed by atoms with Gasteiger partial charge in [0.05, 0.1) is 11.4 Å². The molecule has 2 amide bonds. The molecule has 1 aromatic rings. The van der Waals surface area contributed by atoms with Gasteiger partial charge in [0.15, 0.2) is 0 Å². The van der Waals surface area contributed by atoms with Crippen molar-refractivity contribution in [3.63, 3.8) is 0 Å². The third-order valence-corrected chi connectivity index (χ3v) is 3.65. The van der Waals surface area contributed by atoms with Crippen LogP contribution in [0.1, 0.15) is 26.3 Å². The fraction of sp³-hybridized carbons (Fsp3) is 0.429. The molecule has 0 aromatic heterocycles. The molecule has 0 unspecified atom stereocenters. The summed E-state index contributed by atoms with van der Waals surface area (Å²) in [4.78, 5) is 25.3. The first kappa shape index (κ1) is 14.1. The second-order valence-corrected chi connectivity index (χ2v) is 5.94. The Morgan fingerprint density at radius 2 is 2.05 bits per heavy atom. The van der Waals surface area contributed by atoms with Crippen LogP contribution in [-0.4, -0.2) is 18.4 Å². The van der Waals surface area contributed by atoms with Crippen molar-refractivity contribution in [1.82, 2.24) is 0 Å². The quantitative estimate of drug-likeness (QED) is 0.909. The van der Waals surface area contributed by atoms with Crippen LogP contribution in [0.25, 0.3) is 0 Å². The van der Waals surface area contributed by atoms with Gasteiger partial charge in [0, 0.05) is 23.9 Å². The molecule has 0 atom stereocenters. The summed E-state index contributed by atoms with van der Waals surface area (Å²) in [5.74, 6) is -0.140. The molecule has 0 radical (unpaired) electrons. The van der Waals surface area contributed by atoms with Crippen LogP contribution in [0.5, 0.6) is 0 Å². The highest BCUT2D eigenvalue weighted by molar-refractivity contribution is 9.10. The lowest BCUT2D eigenvalue weighted by atomic mass is 10.1. The summed E-state index contributed by atoms with van der Waals surface area (Å²) in [5, 5.41) is 2.90. The number of nitrogens with one attached hydrogen (secondary N) is 1. The zero-order chi connectivity index (χ0) is 14.2. The van der Waals surface area contributed by atoms with Gasteiger partial charge in [0.25, 0.3) is 0 Å².